The Bertz CT molecular complexity index is 499. The van der Waals surface area contributed by atoms with Crippen LogP contribution in [0, 0.1) is 11.8 Å². The van der Waals surface area contributed by atoms with Gasteiger partial charge < -0.3 is 15.0 Å². The quantitative estimate of drug-likeness (QED) is 0.451. The van der Waals surface area contributed by atoms with Crippen molar-refractivity contribution in [1.82, 2.24) is 15.2 Å². The molecule has 0 aromatic carbocycles. The molecule has 1 aliphatic rings. The highest BCUT2D eigenvalue weighted by Gasteiger charge is 2.24. The van der Waals surface area contributed by atoms with Gasteiger partial charge in [0.15, 0.2) is 5.96 Å². The maximum Gasteiger partial charge on any atom is 0.218 e. The minimum atomic E-state index is 0. The molecular formula is C17H29IN4O. The summed E-state index contributed by atoms with van der Waals surface area (Å²) < 4.78 is 5.58. The first-order chi connectivity index (χ1) is 10.6. The van der Waals surface area contributed by atoms with E-state index in [9.17, 15) is 0 Å². The standard InChI is InChI=1S/C17H28N4O.HI/c1-5-22-16-15(7-6-8-19-16)10-20-17(18-4)21-11-13(2)9-14(3)12-21;/h6-8,13-14H,5,9-12H2,1-4H3,(H,18,20);1H. The minimum Gasteiger partial charge on any atom is -0.478 e. The van der Waals surface area contributed by atoms with Crippen molar-refractivity contribution in [1.29, 1.82) is 0 Å². The van der Waals surface area contributed by atoms with Crippen LogP contribution in [-0.4, -0.2) is 42.6 Å². The van der Waals surface area contributed by atoms with Crippen LogP contribution in [-0.2, 0) is 6.54 Å². The van der Waals surface area contributed by atoms with Gasteiger partial charge in [-0.15, -0.1) is 24.0 Å². The van der Waals surface area contributed by atoms with E-state index >= 15 is 0 Å². The number of hydrogen-bond donors (Lipinski definition) is 1. The summed E-state index contributed by atoms with van der Waals surface area (Å²) in [5.41, 5.74) is 1.06. The number of likely N-dealkylation sites (tertiary alicyclic amines) is 1. The molecule has 1 saturated heterocycles. The second-order valence-corrected chi connectivity index (χ2v) is 6.15. The van der Waals surface area contributed by atoms with Crippen LogP contribution in [0.5, 0.6) is 5.88 Å². The molecule has 1 aliphatic heterocycles. The lowest BCUT2D eigenvalue weighted by Crippen LogP contribution is -2.48. The number of ether oxygens (including phenoxy) is 1. The normalized spacial score (nSPS) is 21.6. The van der Waals surface area contributed by atoms with E-state index in [4.69, 9.17) is 4.74 Å². The molecule has 0 bridgehead atoms. The lowest BCUT2D eigenvalue weighted by molar-refractivity contribution is 0.208. The van der Waals surface area contributed by atoms with E-state index < -0.39 is 0 Å². The van der Waals surface area contributed by atoms with Gasteiger partial charge in [-0.25, -0.2) is 4.98 Å². The lowest BCUT2D eigenvalue weighted by atomic mass is 9.92. The molecule has 1 fully saturated rings. The Morgan fingerprint density at radius 3 is 2.70 bits per heavy atom. The van der Waals surface area contributed by atoms with Crippen LogP contribution in [0.4, 0.5) is 0 Å². The fraction of sp³-hybridized carbons (Fsp3) is 0.647. The molecule has 23 heavy (non-hydrogen) atoms. The molecule has 2 rings (SSSR count). The number of aliphatic imine (C=N–C) groups is 1. The van der Waals surface area contributed by atoms with E-state index in [1.165, 1.54) is 6.42 Å². The fourth-order valence-corrected chi connectivity index (χ4v) is 3.17. The van der Waals surface area contributed by atoms with Gasteiger partial charge in [-0.1, -0.05) is 19.9 Å². The average Bonchev–Trinajstić information content (AvgIpc) is 2.49. The van der Waals surface area contributed by atoms with Gasteiger partial charge in [-0.3, -0.25) is 4.99 Å². The Hall–Kier alpha value is -1.05. The first kappa shape index (κ1) is 20.0. The maximum absolute atomic E-state index is 5.58. The number of pyridine rings is 1. The average molecular weight is 432 g/mol. The summed E-state index contributed by atoms with van der Waals surface area (Å²) in [6.45, 7) is 10.0. The van der Waals surface area contributed by atoms with Crippen molar-refractivity contribution >= 4 is 29.9 Å². The Balaban J connectivity index is 0.00000264. The molecule has 2 unspecified atom stereocenters. The Morgan fingerprint density at radius 2 is 2.09 bits per heavy atom. The number of nitrogens with zero attached hydrogens (tertiary/aromatic N) is 3. The highest BCUT2D eigenvalue weighted by atomic mass is 127. The zero-order chi connectivity index (χ0) is 15.9. The summed E-state index contributed by atoms with van der Waals surface area (Å²) in [6, 6.07) is 3.98. The second kappa shape index (κ2) is 9.95. The van der Waals surface area contributed by atoms with E-state index in [0.29, 0.717) is 30.9 Å². The van der Waals surface area contributed by atoms with Gasteiger partial charge >= 0.3 is 0 Å². The van der Waals surface area contributed by atoms with E-state index in [-0.39, 0.29) is 24.0 Å². The zero-order valence-electron chi connectivity index (χ0n) is 14.6. The number of rotatable bonds is 4. The number of hydrogen-bond acceptors (Lipinski definition) is 3. The molecule has 6 heteroatoms. The Morgan fingerprint density at radius 1 is 1.39 bits per heavy atom. The largest absolute Gasteiger partial charge is 0.478 e. The van der Waals surface area contributed by atoms with Crippen LogP contribution in [0.2, 0.25) is 0 Å². The van der Waals surface area contributed by atoms with Crippen molar-refractivity contribution in [3.05, 3.63) is 23.9 Å². The summed E-state index contributed by atoms with van der Waals surface area (Å²) in [5.74, 6) is 3.08. The van der Waals surface area contributed by atoms with Gasteiger partial charge in [0.1, 0.15) is 0 Å². The highest BCUT2D eigenvalue weighted by Crippen LogP contribution is 2.21. The fourth-order valence-electron chi connectivity index (χ4n) is 3.17. The van der Waals surface area contributed by atoms with Crippen LogP contribution >= 0.6 is 24.0 Å². The third kappa shape index (κ3) is 5.82. The summed E-state index contributed by atoms with van der Waals surface area (Å²) in [6.07, 6.45) is 3.06. The van der Waals surface area contributed by atoms with Crippen LogP contribution in [0.1, 0.15) is 32.8 Å². The number of piperidine rings is 1. The molecule has 130 valence electrons. The minimum absolute atomic E-state index is 0. The van der Waals surface area contributed by atoms with Crippen molar-refractivity contribution in [3.8, 4) is 5.88 Å². The third-order valence-electron chi connectivity index (χ3n) is 3.95. The number of aromatic nitrogens is 1. The monoisotopic (exact) mass is 432 g/mol. The van der Waals surface area contributed by atoms with Crippen LogP contribution in [0.3, 0.4) is 0 Å². The van der Waals surface area contributed by atoms with Crippen molar-refractivity contribution in [2.75, 3.05) is 26.7 Å². The van der Waals surface area contributed by atoms with E-state index in [0.717, 1.165) is 24.6 Å². The Labute approximate surface area is 156 Å². The molecule has 1 N–H and O–H groups in total. The Kier molecular flexibility index (Phi) is 8.65. The first-order valence-electron chi connectivity index (χ1n) is 8.16. The summed E-state index contributed by atoms with van der Waals surface area (Å²) >= 11 is 0. The molecule has 5 nitrogen and oxygen atoms in total. The SMILES string of the molecule is CCOc1ncccc1CNC(=NC)N1CC(C)CC(C)C1.I. The maximum atomic E-state index is 5.58. The smallest absolute Gasteiger partial charge is 0.218 e. The third-order valence-corrected chi connectivity index (χ3v) is 3.95. The van der Waals surface area contributed by atoms with Crippen LogP contribution < -0.4 is 10.1 Å². The predicted octanol–water partition coefficient (Wildman–Crippen LogP) is 3.15. The summed E-state index contributed by atoms with van der Waals surface area (Å²) in [5, 5.41) is 3.45. The van der Waals surface area contributed by atoms with Gasteiger partial charge in [0.2, 0.25) is 5.88 Å². The van der Waals surface area contributed by atoms with Crippen molar-refractivity contribution in [2.24, 2.45) is 16.8 Å². The van der Waals surface area contributed by atoms with Gasteiger partial charge in [0.05, 0.1) is 6.61 Å². The lowest BCUT2D eigenvalue weighted by Gasteiger charge is -2.37. The predicted molar refractivity (Wildman–Crippen MR) is 106 cm³/mol. The number of nitrogens with one attached hydrogen (secondary N) is 1. The highest BCUT2D eigenvalue weighted by molar-refractivity contribution is 14.0. The molecule has 2 heterocycles. The van der Waals surface area contributed by atoms with Gasteiger partial charge in [-0.05, 0) is 31.2 Å². The first-order valence-corrected chi connectivity index (χ1v) is 8.16. The second-order valence-electron chi connectivity index (χ2n) is 6.15. The van der Waals surface area contributed by atoms with Gasteiger partial charge in [0, 0.05) is 38.4 Å². The van der Waals surface area contributed by atoms with Crippen molar-refractivity contribution in [2.45, 2.75) is 33.7 Å². The van der Waals surface area contributed by atoms with Gasteiger partial charge in [0.25, 0.3) is 0 Å². The van der Waals surface area contributed by atoms with Crippen LogP contribution in [0.15, 0.2) is 23.3 Å². The molecule has 0 aliphatic carbocycles. The topological polar surface area (TPSA) is 49.8 Å². The van der Waals surface area contributed by atoms with Crippen molar-refractivity contribution in [3.63, 3.8) is 0 Å². The molecule has 1 aromatic rings. The van der Waals surface area contributed by atoms with E-state index in [1.807, 2.05) is 26.1 Å². The van der Waals surface area contributed by atoms with Crippen LogP contribution in [0.25, 0.3) is 0 Å². The molecular weight excluding hydrogens is 403 g/mol. The molecule has 1 aromatic heterocycles. The molecule has 0 amide bonds. The molecule has 0 saturated carbocycles. The summed E-state index contributed by atoms with van der Waals surface area (Å²) in [7, 11) is 1.85. The van der Waals surface area contributed by atoms with E-state index in [2.05, 4.69) is 34.0 Å². The summed E-state index contributed by atoms with van der Waals surface area (Å²) in [4.78, 5) is 11.1. The number of halogens is 1. The van der Waals surface area contributed by atoms with Crippen molar-refractivity contribution < 1.29 is 4.74 Å². The van der Waals surface area contributed by atoms with Gasteiger partial charge in [-0.2, -0.15) is 0 Å². The zero-order valence-corrected chi connectivity index (χ0v) is 16.9. The van der Waals surface area contributed by atoms with E-state index in [1.54, 1.807) is 6.20 Å². The molecule has 0 radical (unpaired) electrons. The number of guanidine groups is 1. The molecule has 2 atom stereocenters. The molecule has 0 spiro atoms.